The summed E-state index contributed by atoms with van der Waals surface area (Å²) < 4.78 is 27.9. The molecule has 5 atom stereocenters. The van der Waals surface area contributed by atoms with E-state index in [9.17, 15) is 24.9 Å². The van der Waals surface area contributed by atoms with Crippen LogP contribution < -0.4 is 16.0 Å². The van der Waals surface area contributed by atoms with E-state index in [0.717, 1.165) is 0 Å². The second-order valence-electron chi connectivity index (χ2n) is 8.26. The minimum atomic E-state index is -1.49. The first-order valence-corrected chi connectivity index (χ1v) is 10.5. The Morgan fingerprint density at radius 1 is 0.794 bits per heavy atom. The van der Waals surface area contributed by atoms with E-state index in [2.05, 4.69) is 0 Å². The van der Waals surface area contributed by atoms with E-state index >= 15 is 0 Å². The molecule has 0 radical (unpaired) electrons. The number of hydrogen-bond acceptors (Lipinski definition) is 10. The number of aliphatic hydroxyl groups excluding tert-OH is 3. The number of benzene rings is 2. The molecule has 0 spiro atoms. The summed E-state index contributed by atoms with van der Waals surface area (Å²) in [5.41, 5.74) is -0.253. The van der Waals surface area contributed by atoms with E-state index in [-0.39, 0.29) is 27.9 Å². The smallest absolute Gasteiger partial charge is 0.348 e. The zero-order valence-electron chi connectivity index (χ0n) is 17.6. The van der Waals surface area contributed by atoms with Crippen LogP contribution in [0.4, 0.5) is 0 Å². The highest BCUT2D eigenvalue weighted by Gasteiger charge is 2.43. The van der Waals surface area contributed by atoms with Crippen LogP contribution in [0, 0.1) is 0 Å². The Kier molecular flexibility index (Phi) is 4.55. The predicted octanol–water partition coefficient (Wildman–Crippen LogP) is 2.01. The van der Waals surface area contributed by atoms with Crippen molar-refractivity contribution in [2.45, 2.75) is 37.6 Å². The predicted molar refractivity (Wildman–Crippen MR) is 119 cm³/mol. The molecule has 0 amide bonds. The van der Waals surface area contributed by atoms with Crippen molar-refractivity contribution < 1.29 is 38.0 Å². The van der Waals surface area contributed by atoms with Gasteiger partial charge in [-0.1, -0.05) is 0 Å². The second kappa shape index (κ2) is 7.40. The van der Waals surface area contributed by atoms with Crippen molar-refractivity contribution in [1.29, 1.82) is 0 Å². The molecular weight excluding hydrogens is 448 g/mol. The van der Waals surface area contributed by atoms with Gasteiger partial charge >= 0.3 is 11.3 Å². The summed E-state index contributed by atoms with van der Waals surface area (Å²) in [7, 11) is 0. The van der Waals surface area contributed by atoms with Gasteiger partial charge in [-0.2, -0.15) is 0 Å². The number of furan rings is 1. The van der Waals surface area contributed by atoms with E-state index in [1.165, 1.54) is 12.1 Å². The minimum absolute atomic E-state index is 0.146. The largest absolute Gasteiger partial charge is 0.462 e. The van der Waals surface area contributed by atoms with Crippen LogP contribution in [-0.2, 0) is 4.74 Å². The number of aliphatic hydroxyl groups is 3. The maximum atomic E-state index is 13.0. The Morgan fingerprint density at radius 3 is 2.41 bits per heavy atom. The number of hydrogen-bond donors (Lipinski definition) is 3. The van der Waals surface area contributed by atoms with Crippen LogP contribution in [0.25, 0.3) is 43.9 Å². The Labute approximate surface area is 189 Å². The Hall–Kier alpha value is -3.70. The standard InChI is InChI=1S/C24H18O10/c1-9-18(26)19(27)20(28)24(30-9)31-11-4-5-12-14(8-11)33-23(29)17-16-13(32-22(12)17)6-2-10-3-7-15(25)34-21(10)16/h2-9,18-20,24,26-28H,1H3/t9-,18-,19+,20+,24-/m0/s1. The Bertz CT molecular complexity index is 1690. The lowest BCUT2D eigenvalue weighted by molar-refractivity contribution is -0.268. The average molecular weight is 466 g/mol. The van der Waals surface area contributed by atoms with Crippen molar-refractivity contribution in [1.82, 2.24) is 0 Å². The fourth-order valence-electron chi connectivity index (χ4n) is 4.34. The molecule has 0 bridgehead atoms. The maximum Gasteiger partial charge on any atom is 0.348 e. The van der Waals surface area contributed by atoms with Gasteiger partial charge in [-0.15, -0.1) is 0 Å². The van der Waals surface area contributed by atoms with E-state index in [1.807, 2.05) is 0 Å². The third-order valence-electron chi connectivity index (χ3n) is 6.11. The average Bonchev–Trinajstić information content (AvgIpc) is 3.22. The lowest BCUT2D eigenvalue weighted by Gasteiger charge is -2.38. The second-order valence-corrected chi connectivity index (χ2v) is 8.26. The summed E-state index contributed by atoms with van der Waals surface area (Å²) >= 11 is 0. The maximum absolute atomic E-state index is 13.0. The van der Waals surface area contributed by atoms with Crippen LogP contribution in [0.1, 0.15) is 6.92 Å². The summed E-state index contributed by atoms with van der Waals surface area (Å²) in [5, 5.41) is 31.6. The Morgan fingerprint density at radius 2 is 1.59 bits per heavy atom. The van der Waals surface area contributed by atoms with Crippen LogP contribution in [0.3, 0.4) is 0 Å². The molecule has 3 N–H and O–H groups in total. The van der Waals surface area contributed by atoms with Crippen molar-refractivity contribution >= 4 is 43.9 Å². The van der Waals surface area contributed by atoms with E-state index in [1.54, 1.807) is 37.3 Å². The fraction of sp³-hybridized carbons (Fsp3) is 0.250. The van der Waals surface area contributed by atoms with Gasteiger partial charge in [0.2, 0.25) is 6.29 Å². The molecule has 5 aromatic rings. The van der Waals surface area contributed by atoms with Gasteiger partial charge in [-0.3, -0.25) is 0 Å². The first-order valence-electron chi connectivity index (χ1n) is 10.5. The molecule has 10 heteroatoms. The molecule has 4 heterocycles. The van der Waals surface area contributed by atoms with Crippen molar-refractivity contribution in [2.24, 2.45) is 0 Å². The number of rotatable bonds is 2. The van der Waals surface area contributed by atoms with Crippen LogP contribution in [-0.4, -0.2) is 46.0 Å². The zero-order chi connectivity index (χ0) is 23.7. The highest BCUT2D eigenvalue weighted by atomic mass is 16.7. The Balaban J connectivity index is 1.49. The molecule has 1 fully saturated rings. The first-order chi connectivity index (χ1) is 16.3. The fourth-order valence-corrected chi connectivity index (χ4v) is 4.34. The van der Waals surface area contributed by atoms with Gasteiger partial charge in [-0.05, 0) is 37.3 Å². The third kappa shape index (κ3) is 3.04. The van der Waals surface area contributed by atoms with Crippen molar-refractivity contribution in [3.63, 3.8) is 0 Å². The van der Waals surface area contributed by atoms with E-state index < -0.39 is 42.0 Å². The monoisotopic (exact) mass is 466 g/mol. The van der Waals surface area contributed by atoms with Crippen molar-refractivity contribution in [3.05, 3.63) is 63.3 Å². The van der Waals surface area contributed by atoms with Crippen LogP contribution in [0.15, 0.2) is 65.3 Å². The van der Waals surface area contributed by atoms with Crippen LogP contribution in [0.2, 0.25) is 0 Å². The minimum Gasteiger partial charge on any atom is -0.462 e. The molecule has 34 heavy (non-hydrogen) atoms. The van der Waals surface area contributed by atoms with Gasteiger partial charge in [0.1, 0.15) is 46.2 Å². The molecule has 3 aromatic heterocycles. The highest BCUT2D eigenvalue weighted by Crippen LogP contribution is 2.36. The molecule has 10 nitrogen and oxygen atoms in total. The molecule has 0 saturated carbocycles. The lowest BCUT2D eigenvalue weighted by Crippen LogP contribution is -2.58. The molecule has 1 saturated heterocycles. The lowest BCUT2D eigenvalue weighted by atomic mass is 10.00. The summed E-state index contributed by atoms with van der Waals surface area (Å²) in [6, 6.07) is 10.9. The van der Waals surface area contributed by atoms with Gasteiger partial charge in [0, 0.05) is 17.5 Å². The van der Waals surface area contributed by atoms with Gasteiger partial charge in [0.25, 0.3) is 0 Å². The molecule has 0 unspecified atom stereocenters. The van der Waals surface area contributed by atoms with Gasteiger partial charge in [-0.25, -0.2) is 9.59 Å². The summed E-state index contributed by atoms with van der Waals surface area (Å²) in [6.45, 7) is 1.54. The van der Waals surface area contributed by atoms with Crippen molar-refractivity contribution in [2.75, 3.05) is 0 Å². The van der Waals surface area contributed by atoms with E-state index in [0.29, 0.717) is 21.7 Å². The normalized spacial score (nSPS) is 25.5. The summed E-state index contributed by atoms with van der Waals surface area (Å²) in [5.74, 6) is 0.197. The number of ether oxygens (including phenoxy) is 2. The quantitative estimate of drug-likeness (QED) is 0.329. The highest BCUT2D eigenvalue weighted by molar-refractivity contribution is 6.20. The van der Waals surface area contributed by atoms with Gasteiger partial charge < -0.3 is 38.0 Å². The molecular formula is C24H18O10. The van der Waals surface area contributed by atoms with Crippen LogP contribution >= 0.6 is 0 Å². The third-order valence-corrected chi connectivity index (χ3v) is 6.11. The molecule has 174 valence electrons. The summed E-state index contributed by atoms with van der Waals surface area (Å²) in [6.07, 6.45) is -6.22. The van der Waals surface area contributed by atoms with Gasteiger partial charge in [0.05, 0.1) is 16.9 Å². The molecule has 2 aromatic carbocycles. The first kappa shape index (κ1) is 20.9. The summed E-state index contributed by atoms with van der Waals surface area (Å²) in [4.78, 5) is 24.8. The van der Waals surface area contributed by atoms with Gasteiger partial charge in [0.15, 0.2) is 5.58 Å². The molecule has 6 rings (SSSR count). The van der Waals surface area contributed by atoms with E-state index in [4.69, 9.17) is 22.7 Å². The zero-order valence-corrected chi connectivity index (χ0v) is 17.6. The van der Waals surface area contributed by atoms with Crippen LogP contribution in [0.5, 0.6) is 5.75 Å². The molecule has 0 aliphatic carbocycles. The topological polar surface area (TPSA) is 153 Å². The molecule has 1 aliphatic rings. The number of fused-ring (bicyclic) bond motifs is 7. The molecule has 1 aliphatic heterocycles. The van der Waals surface area contributed by atoms with Crippen molar-refractivity contribution in [3.8, 4) is 5.75 Å². The SMILES string of the molecule is C[C@@H]1O[C@@H](Oc2ccc3c(c2)oc(=O)c2c3oc3ccc4ccc(=O)oc4c32)[C@H](O)[C@H](O)[C@H]1O.